The van der Waals surface area contributed by atoms with Gasteiger partial charge in [-0.3, -0.25) is 20.4 Å². The van der Waals surface area contributed by atoms with Crippen LogP contribution in [0.4, 0.5) is 0 Å². The van der Waals surface area contributed by atoms with E-state index in [0.717, 1.165) is 19.3 Å². The summed E-state index contributed by atoms with van der Waals surface area (Å²) in [5.41, 5.74) is 5.07. The first kappa shape index (κ1) is 24.5. The highest BCUT2D eigenvalue weighted by Gasteiger charge is 2.27. The number of sulfonamides is 1. The maximum atomic E-state index is 12.7. The van der Waals surface area contributed by atoms with Crippen LogP contribution in [0.3, 0.4) is 0 Å². The minimum absolute atomic E-state index is 0.0485. The summed E-state index contributed by atoms with van der Waals surface area (Å²) in [5, 5.41) is 0. The van der Waals surface area contributed by atoms with Gasteiger partial charge in [-0.05, 0) is 62.6 Å². The topological polar surface area (TPSA) is 114 Å². The molecule has 0 unspecified atom stereocenters. The number of hydrogen-bond donors (Lipinski definition) is 2. The van der Waals surface area contributed by atoms with E-state index in [0.29, 0.717) is 37.8 Å². The fraction of sp³-hybridized carbons (Fsp3) is 0.391. The van der Waals surface area contributed by atoms with Crippen molar-refractivity contribution >= 4 is 21.8 Å². The largest absolute Gasteiger partial charge is 0.490 e. The molecule has 9 nitrogen and oxygen atoms in total. The molecular weight excluding hydrogens is 446 g/mol. The maximum Gasteiger partial charge on any atom is 0.269 e. The van der Waals surface area contributed by atoms with Gasteiger partial charge in [-0.15, -0.1) is 0 Å². The second-order valence-corrected chi connectivity index (χ2v) is 9.43. The van der Waals surface area contributed by atoms with Crippen LogP contribution in [0, 0.1) is 0 Å². The van der Waals surface area contributed by atoms with Crippen LogP contribution in [0.2, 0.25) is 0 Å². The van der Waals surface area contributed by atoms with Crippen molar-refractivity contribution in [1.29, 1.82) is 0 Å². The third kappa shape index (κ3) is 6.02. The number of carbonyl (C=O) groups is 2. The number of benzene rings is 2. The molecule has 1 heterocycles. The monoisotopic (exact) mass is 475 g/mol. The lowest BCUT2D eigenvalue weighted by atomic mass is 10.2. The van der Waals surface area contributed by atoms with Crippen LogP contribution in [0.5, 0.6) is 11.5 Å². The zero-order valence-electron chi connectivity index (χ0n) is 18.8. The number of ether oxygens (including phenoxy) is 2. The molecule has 1 fully saturated rings. The summed E-state index contributed by atoms with van der Waals surface area (Å²) in [4.78, 5) is 25.1. The number of amides is 2. The van der Waals surface area contributed by atoms with Crippen molar-refractivity contribution in [2.24, 2.45) is 0 Å². The van der Waals surface area contributed by atoms with E-state index < -0.39 is 21.8 Å². The average Bonchev–Trinajstić information content (AvgIpc) is 3.38. The Morgan fingerprint density at radius 3 is 2.21 bits per heavy atom. The van der Waals surface area contributed by atoms with Gasteiger partial charge in [0.2, 0.25) is 10.0 Å². The number of carbonyl (C=O) groups excluding carboxylic acids is 2. The molecular formula is C23H29N3O6S. The van der Waals surface area contributed by atoms with Crippen LogP contribution >= 0.6 is 0 Å². The van der Waals surface area contributed by atoms with Gasteiger partial charge in [0.15, 0.2) is 11.5 Å². The third-order valence-corrected chi connectivity index (χ3v) is 6.95. The van der Waals surface area contributed by atoms with Crippen LogP contribution in [0.15, 0.2) is 47.4 Å². The molecule has 0 bridgehead atoms. The zero-order chi connectivity index (χ0) is 23.8. The smallest absolute Gasteiger partial charge is 0.269 e. The van der Waals surface area contributed by atoms with Crippen molar-refractivity contribution in [3.63, 3.8) is 0 Å². The van der Waals surface area contributed by atoms with Crippen LogP contribution in [-0.2, 0) is 10.0 Å². The van der Waals surface area contributed by atoms with E-state index in [2.05, 4.69) is 10.9 Å². The summed E-state index contributed by atoms with van der Waals surface area (Å²) >= 11 is 0. The first-order valence-electron chi connectivity index (χ1n) is 11.0. The highest BCUT2D eigenvalue weighted by Crippen LogP contribution is 2.28. The highest BCUT2D eigenvalue weighted by atomic mass is 32.2. The number of nitrogens with zero attached hydrogens (tertiary/aromatic N) is 1. The van der Waals surface area contributed by atoms with Crippen LogP contribution < -0.4 is 20.3 Å². The first-order chi connectivity index (χ1) is 15.9. The molecule has 178 valence electrons. The molecule has 3 rings (SSSR count). The van der Waals surface area contributed by atoms with E-state index in [1.165, 1.54) is 28.6 Å². The predicted molar refractivity (Wildman–Crippen MR) is 123 cm³/mol. The summed E-state index contributed by atoms with van der Waals surface area (Å²) in [6.45, 7) is 5.69. The fourth-order valence-electron chi connectivity index (χ4n) is 3.38. The average molecular weight is 476 g/mol. The Kier molecular flexibility index (Phi) is 8.29. The Hall–Kier alpha value is -3.11. The molecule has 2 aromatic carbocycles. The Morgan fingerprint density at radius 1 is 0.909 bits per heavy atom. The van der Waals surface area contributed by atoms with Gasteiger partial charge in [0.25, 0.3) is 11.8 Å². The van der Waals surface area contributed by atoms with Gasteiger partial charge < -0.3 is 9.47 Å². The number of hydrazine groups is 1. The van der Waals surface area contributed by atoms with Crippen molar-refractivity contribution < 1.29 is 27.5 Å². The highest BCUT2D eigenvalue weighted by molar-refractivity contribution is 7.89. The lowest BCUT2D eigenvalue weighted by molar-refractivity contribution is 0.0846. The number of hydrogen-bond acceptors (Lipinski definition) is 6. The summed E-state index contributed by atoms with van der Waals surface area (Å²) in [7, 11) is -3.65. The van der Waals surface area contributed by atoms with Gasteiger partial charge >= 0.3 is 0 Å². The summed E-state index contributed by atoms with van der Waals surface area (Å²) in [5.74, 6) is -0.206. The van der Waals surface area contributed by atoms with Gasteiger partial charge in [-0.2, -0.15) is 4.31 Å². The van der Waals surface area contributed by atoms with E-state index in [4.69, 9.17) is 9.47 Å². The maximum absolute atomic E-state index is 12.7. The van der Waals surface area contributed by atoms with Crippen molar-refractivity contribution in [2.45, 2.75) is 38.0 Å². The van der Waals surface area contributed by atoms with Crippen molar-refractivity contribution in [2.75, 3.05) is 26.3 Å². The Bertz CT molecular complexity index is 1100. The third-order valence-electron chi connectivity index (χ3n) is 5.06. The summed E-state index contributed by atoms with van der Waals surface area (Å²) < 4.78 is 38.1. The lowest BCUT2D eigenvalue weighted by Crippen LogP contribution is -2.41. The van der Waals surface area contributed by atoms with Crippen LogP contribution in [-0.4, -0.2) is 50.8 Å². The van der Waals surface area contributed by atoms with Gasteiger partial charge in [-0.25, -0.2) is 8.42 Å². The van der Waals surface area contributed by atoms with Crippen LogP contribution in [0.25, 0.3) is 0 Å². The standard InChI is InChI=1S/C23H29N3O6S/c1-3-14-32-20-11-10-18(16-21(20)31-4-2)23(28)25-24-22(27)17-8-7-9-19(15-17)33(29,30)26-12-5-6-13-26/h7-11,15-16H,3-6,12-14H2,1-2H3,(H,24,27)(H,25,28). The minimum Gasteiger partial charge on any atom is -0.490 e. The van der Waals surface area contributed by atoms with Crippen molar-refractivity contribution in [1.82, 2.24) is 15.2 Å². The molecule has 0 aliphatic carbocycles. The quantitative estimate of drug-likeness (QED) is 0.539. The molecule has 0 saturated carbocycles. The van der Waals surface area contributed by atoms with Gasteiger partial charge in [0.05, 0.1) is 18.1 Å². The van der Waals surface area contributed by atoms with E-state index in [1.807, 2.05) is 13.8 Å². The molecule has 1 saturated heterocycles. The second kappa shape index (κ2) is 11.2. The molecule has 1 aliphatic rings. The Labute approximate surface area is 194 Å². The normalized spacial score (nSPS) is 14.0. The molecule has 0 aromatic heterocycles. The molecule has 0 atom stereocenters. The number of nitrogens with one attached hydrogen (secondary N) is 2. The summed E-state index contributed by atoms with van der Waals surface area (Å²) in [6.07, 6.45) is 2.48. The molecule has 0 radical (unpaired) electrons. The fourth-order valence-corrected chi connectivity index (χ4v) is 4.95. The predicted octanol–water partition coefficient (Wildman–Crippen LogP) is 2.73. The van der Waals surface area contributed by atoms with Gasteiger partial charge in [0.1, 0.15) is 0 Å². The lowest BCUT2D eigenvalue weighted by Gasteiger charge is -2.16. The first-order valence-corrected chi connectivity index (χ1v) is 12.4. The van der Waals surface area contributed by atoms with E-state index in [9.17, 15) is 18.0 Å². The molecule has 10 heteroatoms. The minimum atomic E-state index is -3.65. The Balaban J connectivity index is 1.67. The van der Waals surface area contributed by atoms with E-state index in [1.54, 1.807) is 18.2 Å². The number of rotatable bonds is 9. The SMILES string of the molecule is CCCOc1ccc(C(=O)NNC(=O)c2cccc(S(=O)(=O)N3CCCC3)c2)cc1OCC. The molecule has 0 spiro atoms. The second-order valence-electron chi connectivity index (χ2n) is 7.49. The van der Waals surface area contributed by atoms with E-state index >= 15 is 0 Å². The molecule has 2 aromatic rings. The van der Waals surface area contributed by atoms with Crippen molar-refractivity contribution in [3.8, 4) is 11.5 Å². The molecule has 33 heavy (non-hydrogen) atoms. The molecule has 1 aliphatic heterocycles. The zero-order valence-corrected chi connectivity index (χ0v) is 19.6. The molecule has 2 N–H and O–H groups in total. The Morgan fingerprint density at radius 2 is 1.58 bits per heavy atom. The van der Waals surface area contributed by atoms with Crippen molar-refractivity contribution in [3.05, 3.63) is 53.6 Å². The van der Waals surface area contributed by atoms with Gasteiger partial charge in [-0.1, -0.05) is 13.0 Å². The van der Waals surface area contributed by atoms with Gasteiger partial charge in [0, 0.05) is 24.2 Å². The van der Waals surface area contributed by atoms with E-state index in [-0.39, 0.29) is 16.0 Å². The van der Waals surface area contributed by atoms with Crippen LogP contribution in [0.1, 0.15) is 53.8 Å². The summed E-state index contributed by atoms with van der Waals surface area (Å²) in [6, 6.07) is 10.5. The molecule has 2 amide bonds.